The lowest BCUT2D eigenvalue weighted by molar-refractivity contribution is 0.0526. The maximum absolute atomic E-state index is 11.6. The van der Waals surface area contributed by atoms with Gasteiger partial charge in [-0.3, -0.25) is 0 Å². The lowest BCUT2D eigenvalue weighted by atomic mass is 9.94. The van der Waals surface area contributed by atoms with Crippen molar-refractivity contribution in [3.63, 3.8) is 0 Å². The highest BCUT2D eigenvalue weighted by Crippen LogP contribution is 2.26. The van der Waals surface area contributed by atoms with E-state index in [0.717, 1.165) is 18.7 Å². The number of rotatable bonds is 6. The summed E-state index contributed by atoms with van der Waals surface area (Å²) in [6, 6.07) is 4.02. The maximum Gasteiger partial charge on any atom is 0.339 e. The largest absolute Gasteiger partial charge is 0.462 e. The van der Waals surface area contributed by atoms with E-state index in [4.69, 9.17) is 4.74 Å². The van der Waals surface area contributed by atoms with E-state index in [1.165, 1.54) is 19.3 Å². The van der Waals surface area contributed by atoms with Crippen LogP contribution in [0.15, 0.2) is 18.3 Å². The van der Waals surface area contributed by atoms with Crippen molar-refractivity contribution in [1.29, 1.82) is 0 Å². The zero-order valence-corrected chi connectivity index (χ0v) is 12.6. The van der Waals surface area contributed by atoms with Crippen molar-refractivity contribution in [1.82, 2.24) is 4.98 Å². The van der Waals surface area contributed by atoms with Crippen LogP contribution >= 0.6 is 0 Å². The molecule has 1 fully saturated rings. The van der Waals surface area contributed by atoms with E-state index in [9.17, 15) is 9.90 Å². The fraction of sp³-hybridized carbons (Fsp3) is 0.625. The van der Waals surface area contributed by atoms with Gasteiger partial charge in [0, 0.05) is 18.8 Å². The monoisotopic (exact) mass is 292 g/mol. The van der Waals surface area contributed by atoms with E-state index in [1.807, 2.05) is 6.07 Å². The first-order valence-electron chi connectivity index (χ1n) is 7.77. The van der Waals surface area contributed by atoms with Crippen molar-refractivity contribution < 1.29 is 14.6 Å². The Morgan fingerprint density at radius 1 is 1.38 bits per heavy atom. The number of nitrogens with zero attached hydrogens (tertiary/aromatic N) is 2. The maximum atomic E-state index is 11.6. The van der Waals surface area contributed by atoms with Crippen LogP contribution < -0.4 is 4.90 Å². The first-order valence-corrected chi connectivity index (χ1v) is 7.77. The van der Waals surface area contributed by atoms with Gasteiger partial charge in [-0.15, -0.1) is 0 Å². The SMILES string of the molecule is CCOC(=O)c1ccc(N(CCO)C2CCCCC2)nc1. The van der Waals surface area contributed by atoms with Gasteiger partial charge in [-0.2, -0.15) is 0 Å². The Labute approximate surface area is 125 Å². The van der Waals surface area contributed by atoms with Gasteiger partial charge in [0.15, 0.2) is 0 Å². The highest BCUT2D eigenvalue weighted by atomic mass is 16.5. The van der Waals surface area contributed by atoms with Crippen molar-refractivity contribution in [3.05, 3.63) is 23.9 Å². The summed E-state index contributed by atoms with van der Waals surface area (Å²) in [5.74, 6) is 0.479. The molecule has 5 heteroatoms. The van der Waals surface area contributed by atoms with Crippen LogP contribution in [0.25, 0.3) is 0 Å². The van der Waals surface area contributed by atoms with Crippen LogP contribution in [0.3, 0.4) is 0 Å². The molecule has 21 heavy (non-hydrogen) atoms. The lowest BCUT2D eigenvalue weighted by Crippen LogP contribution is -2.39. The fourth-order valence-electron chi connectivity index (χ4n) is 2.88. The average Bonchev–Trinajstić information content (AvgIpc) is 2.54. The van der Waals surface area contributed by atoms with Crippen molar-refractivity contribution in [2.75, 3.05) is 24.7 Å². The van der Waals surface area contributed by atoms with Crippen LogP contribution in [-0.4, -0.2) is 41.9 Å². The fourth-order valence-corrected chi connectivity index (χ4v) is 2.88. The van der Waals surface area contributed by atoms with Crippen molar-refractivity contribution >= 4 is 11.8 Å². The molecular weight excluding hydrogens is 268 g/mol. The minimum atomic E-state index is -0.345. The molecule has 0 unspecified atom stereocenters. The summed E-state index contributed by atoms with van der Waals surface area (Å²) in [6.07, 6.45) is 7.59. The molecule has 1 heterocycles. The molecular formula is C16H24N2O3. The Kier molecular flexibility index (Phi) is 5.99. The topological polar surface area (TPSA) is 62.7 Å². The van der Waals surface area contributed by atoms with E-state index in [0.29, 0.717) is 24.8 Å². The Balaban J connectivity index is 2.10. The second-order valence-electron chi connectivity index (χ2n) is 5.33. The van der Waals surface area contributed by atoms with Gasteiger partial charge in [-0.25, -0.2) is 9.78 Å². The minimum absolute atomic E-state index is 0.109. The zero-order chi connectivity index (χ0) is 15.1. The summed E-state index contributed by atoms with van der Waals surface area (Å²) in [6.45, 7) is 2.83. The van der Waals surface area contributed by atoms with Gasteiger partial charge in [0.2, 0.25) is 0 Å². The van der Waals surface area contributed by atoms with Crippen molar-refractivity contribution in [3.8, 4) is 0 Å². The number of pyridine rings is 1. The molecule has 1 aliphatic rings. The molecule has 1 aromatic heterocycles. The molecule has 0 saturated heterocycles. The number of aromatic nitrogens is 1. The number of carbonyl (C=O) groups excluding carboxylic acids is 1. The Hall–Kier alpha value is -1.62. The molecule has 0 atom stereocenters. The standard InChI is InChI=1S/C16H24N2O3/c1-2-21-16(20)13-8-9-15(17-12-13)18(10-11-19)14-6-4-3-5-7-14/h8-9,12,14,19H,2-7,10-11H2,1H3. The summed E-state index contributed by atoms with van der Waals surface area (Å²) in [5.41, 5.74) is 0.466. The van der Waals surface area contributed by atoms with E-state index < -0.39 is 0 Å². The molecule has 0 radical (unpaired) electrons. The Morgan fingerprint density at radius 3 is 2.71 bits per heavy atom. The average molecular weight is 292 g/mol. The molecule has 5 nitrogen and oxygen atoms in total. The van der Waals surface area contributed by atoms with Gasteiger partial charge in [-0.1, -0.05) is 19.3 Å². The molecule has 1 N–H and O–H groups in total. The number of aliphatic hydroxyl groups is 1. The van der Waals surface area contributed by atoms with Gasteiger partial charge < -0.3 is 14.7 Å². The summed E-state index contributed by atoms with van der Waals surface area (Å²) >= 11 is 0. The highest BCUT2D eigenvalue weighted by molar-refractivity contribution is 5.89. The Morgan fingerprint density at radius 2 is 2.14 bits per heavy atom. The second-order valence-corrected chi connectivity index (χ2v) is 5.33. The molecule has 0 spiro atoms. The summed E-state index contributed by atoms with van der Waals surface area (Å²) < 4.78 is 4.96. The quantitative estimate of drug-likeness (QED) is 0.816. The third-order valence-electron chi connectivity index (χ3n) is 3.91. The number of esters is 1. The van der Waals surface area contributed by atoms with Gasteiger partial charge >= 0.3 is 5.97 Å². The first kappa shape index (κ1) is 15.8. The number of hydrogen-bond acceptors (Lipinski definition) is 5. The van der Waals surface area contributed by atoms with E-state index in [2.05, 4.69) is 9.88 Å². The van der Waals surface area contributed by atoms with Crippen LogP contribution in [0, 0.1) is 0 Å². The van der Waals surface area contributed by atoms with Crippen LogP contribution in [0.2, 0.25) is 0 Å². The number of ether oxygens (including phenoxy) is 1. The minimum Gasteiger partial charge on any atom is -0.462 e. The lowest BCUT2D eigenvalue weighted by Gasteiger charge is -2.34. The molecule has 1 aliphatic carbocycles. The normalized spacial score (nSPS) is 15.7. The summed E-state index contributed by atoms with van der Waals surface area (Å²) in [5, 5.41) is 9.30. The molecule has 0 aromatic carbocycles. The van der Waals surface area contributed by atoms with E-state index in [-0.39, 0.29) is 12.6 Å². The number of carbonyl (C=O) groups is 1. The number of aliphatic hydroxyl groups excluding tert-OH is 1. The third kappa shape index (κ3) is 4.17. The third-order valence-corrected chi connectivity index (χ3v) is 3.91. The summed E-state index contributed by atoms with van der Waals surface area (Å²) in [4.78, 5) is 18.2. The molecule has 1 aromatic rings. The molecule has 0 aliphatic heterocycles. The highest BCUT2D eigenvalue weighted by Gasteiger charge is 2.22. The van der Waals surface area contributed by atoms with E-state index >= 15 is 0 Å². The van der Waals surface area contributed by atoms with Gasteiger partial charge in [0.05, 0.1) is 18.8 Å². The predicted octanol–water partition coefficient (Wildman–Crippen LogP) is 2.39. The molecule has 1 saturated carbocycles. The smallest absolute Gasteiger partial charge is 0.339 e. The summed E-state index contributed by atoms with van der Waals surface area (Å²) in [7, 11) is 0. The van der Waals surface area contributed by atoms with Crippen LogP contribution in [0.5, 0.6) is 0 Å². The van der Waals surface area contributed by atoms with Crippen LogP contribution in [0.4, 0.5) is 5.82 Å². The molecule has 2 rings (SSSR count). The van der Waals surface area contributed by atoms with Crippen LogP contribution in [0.1, 0.15) is 49.4 Å². The van der Waals surface area contributed by atoms with E-state index in [1.54, 1.807) is 19.2 Å². The van der Waals surface area contributed by atoms with Crippen LogP contribution in [-0.2, 0) is 4.74 Å². The van der Waals surface area contributed by atoms with Gasteiger partial charge in [0.1, 0.15) is 5.82 Å². The molecule has 116 valence electrons. The molecule has 0 amide bonds. The second kappa shape index (κ2) is 7.98. The molecule has 0 bridgehead atoms. The zero-order valence-electron chi connectivity index (χ0n) is 12.6. The Bertz CT molecular complexity index is 441. The number of hydrogen-bond donors (Lipinski definition) is 1. The van der Waals surface area contributed by atoms with Crippen molar-refractivity contribution in [2.24, 2.45) is 0 Å². The van der Waals surface area contributed by atoms with Gasteiger partial charge in [-0.05, 0) is 31.9 Å². The van der Waals surface area contributed by atoms with Gasteiger partial charge in [0.25, 0.3) is 0 Å². The predicted molar refractivity (Wildman–Crippen MR) is 81.5 cm³/mol. The first-order chi connectivity index (χ1) is 10.3. The number of anilines is 1. The van der Waals surface area contributed by atoms with Crippen molar-refractivity contribution in [2.45, 2.75) is 45.1 Å².